The van der Waals surface area contributed by atoms with Crippen LogP contribution in [0.25, 0.3) is 0 Å². The van der Waals surface area contributed by atoms with Crippen LogP contribution in [0.3, 0.4) is 0 Å². The molecule has 1 unspecified atom stereocenters. The summed E-state index contributed by atoms with van der Waals surface area (Å²) < 4.78 is 40.8. The number of nitrogens with zero attached hydrogens (tertiary/aromatic N) is 1. The summed E-state index contributed by atoms with van der Waals surface area (Å²) in [4.78, 5) is 2.12. The molecule has 0 aliphatic carbocycles. The van der Waals surface area contributed by atoms with Crippen LogP contribution in [0.5, 0.6) is 0 Å². The Morgan fingerprint density at radius 2 is 1.68 bits per heavy atom. The summed E-state index contributed by atoms with van der Waals surface area (Å²) in [5.74, 6) is 0. The molecule has 0 saturated carbocycles. The first kappa shape index (κ1) is 18.2. The smallest absolute Gasteiger partial charge is 0.315 e. The summed E-state index contributed by atoms with van der Waals surface area (Å²) >= 11 is 5.97. The Morgan fingerprint density at radius 1 is 0.960 bits per heavy atom. The molecule has 1 heterocycles. The first-order valence-electron chi connectivity index (χ1n) is 8.33. The summed E-state index contributed by atoms with van der Waals surface area (Å²) in [5.41, 5.74) is 0.536. The summed E-state index contributed by atoms with van der Waals surface area (Å²) in [7, 11) is 0. The fraction of sp³-hybridized carbons (Fsp3) is 0.368. The Labute approximate surface area is 150 Å². The molecule has 25 heavy (non-hydrogen) atoms. The lowest BCUT2D eigenvalue weighted by molar-refractivity contribution is -0.138. The van der Waals surface area contributed by atoms with Crippen molar-refractivity contribution in [3.05, 3.63) is 70.2 Å². The number of rotatable bonds is 3. The molecule has 1 aliphatic rings. The molecule has 0 bridgehead atoms. The van der Waals surface area contributed by atoms with Gasteiger partial charge in [0.05, 0.1) is 11.6 Å². The van der Waals surface area contributed by atoms with E-state index in [0.717, 1.165) is 37.7 Å². The zero-order valence-electron chi connectivity index (χ0n) is 13.7. The van der Waals surface area contributed by atoms with E-state index in [4.69, 9.17) is 11.6 Å². The normalized spacial score (nSPS) is 17.9. The van der Waals surface area contributed by atoms with E-state index >= 15 is 0 Å². The van der Waals surface area contributed by atoms with Gasteiger partial charge in [-0.15, -0.1) is 0 Å². The molecular formula is C19H20ClF3N2. The van der Waals surface area contributed by atoms with E-state index in [1.165, 1.54) is 6.07 Å². The van der Waals surface area contributed by atoms with Gasteiger partial charge in [-0.1, -0.05) is 41.9 Å². The molecule has 2 aromatic carbocycles. The Bertz CT molecular complexity index is 693. The average Bonchev–Trinajstić information content (AvgIpc) is 2.86. The van der Waals surface area contributed by atoms with Gasteiger partial charge in [-0.2, -0.15) is 13.2 Å². The van der Waals surface area contributed by atoms with Gasteiger partial charge < -0.3 is 5.32 Å². The average molecular weight is 369 g/mol. The van der Waals surface area contributed by atoms with Crippen molar-refractivity contribution >= 4 is 11.6 Å². The largest absolute Gasteiger partial charge is 0.416 e. The summed E-state index contributed by atoms with van der Waals surface area (Å²) in [6.45, 7) is 3.08. The maximum atomic E-state index is 13.6. The van der Waals surface area contributed by atoms with Crippen molar-refractivity contribution in [2.75, 3.05) is 26.2 Å². The lowest BCUT2D eigenvalue weighted by Crippen LogP contribution is -2.34. The molecule has 1 N–H and O–H groups in total. The van der Waals surface area contributed by atoms with Crippen LogP contribution in [0, 0.1) is 0 Å². The topological polar surface area (TPSA) is 15.3 Å². The van der Waals surface area contributed by atoms with Crippen LogP contribution < -0.4 is 5.32 Å². The number of halogens is 4. The second-order valence-electron chi connectivity index (χ2n) is 6.18. The number of alkyl halides is 3. The first-order valence-corrected chi connectivity index (χ1v) is 8.71. The molecule has 1 fully saturated rings. The third-order valence-corrected chi connectivity index (χ3v) is 4.74. The zero-order valence-corrected chi connectivity index (χ0v) is 14.4. The van der Waals surface area contributed by atoms with E-state index in [1.54, 1.807) is 24.3 Å². The lowest BCUT2D eigenvalue weighted by atomic mass is 9.92. The van der Waals surface area contributed by atoms with Gasteiger partial charge in [0.15, 0.2) is 0 Å². The van der Waals surface area contributed by atoms with Crippen molar-refractivity contribution in [2.45, 2.75) is 18.6 Å². The van der Waals surface area contributed by atoms with E-state index in [9.17, 15) is 13.2 Å². The SMILES string of the molecule is FC(F)(F)c1ccccc1C(c1ccc(Cl)cc1)N1CCCNCC1. The summed E-state index contributed by atoms with van der Waals surface area (Å²) in [6, 6.07) is 12.5. The molecule has 0 amide bonds. The van der Waals surface area contributed by atoms with E-state index < -0.39 is 17.8 Å². The van der Waals surface area contributed by atoms with Crippen LogP contribution in [0.4, 0.5) is 13.2 Å². The molecule has 2 aromatic rings. The number of hydrogen-bond donors (Lipinski definition) is 1. The fourth-order valence-corrected chi connectivity index (χ4v) is 3.48. The Morgan fingerprint density at radius 3 is 2.40 bits per heavy atom. The van der Waals surface area contributed by atoms with Gasteiger partial charge in [-0.05, 0) is 42.3 Å². The second kappa shape index (κ2) is 7.77. The van der Waals surface area contributed by atoms with E-state index in [1.807, 2.05) is 12.1 Å². The fourth-order valence-electron chi connectivity index (χ4n) is 3.35. The molecule has 1 aliphatic heterocycles. The van der Waals surface area contributed by atoms with E-state index in [0.29, 0.717) is 17.1 Å². The number of nitrogens with one attached hydrogen (secondary N) is 1. The third kappa shape index (κ3) is 4.35. The molecule has 0 spiro atoms. The molecular weight excluding hydrogens is 349 g/mol. The standard InChI is InChI=1S/C19H20ClF3N2/c20-15-8-6-14(7-9-15)18(25-12-3-10-24-11-13-25)16-4-1-2-5-17(16)19(21,22)23/h1-2,4-9,18,24H,3,10-13H2. The summed E-state index contributed by atoms with van der Waals surface area (Å²) in [6.07, 6.45) is -3.48. The minimum Gasteiger partial charge on any atom is -0.315 e. The zero-order chi connectivity index (χ0) is 17.9. The predicted octanol–water partition coefficient (Wildman–Crippen LogP) is 4.74. The van der Waals surface area contributed by atoms with Crippen molar-refractivity contribution in [1.29, 1.82) is 0 Å². The van der Waals surface area contributed by atoms with Crippen molar-refractivity contribution in [1.82, 2.24) is 10.2 Å². The van der Waals surface area contributed by atoms with Gasteiger partial charge in [0.25, 0.3) is 0 Å². The Kier molecular flexibility index (Phi) is 5.67. The molecule has 0 aromatic heterocycles. The van der Waals surface area contributed by atoms with Crippen LogP contribution in [-0.4, -0.2) is 31.1 Å². The Hall–Kier alpha value is -1.56. The van der Waals surface area contributed by atoms with Gasteiger partial charge in [0.1, 0.15) is 0 Å². The van der Waals surface area contributed by atoms with Gasteiger partial charge in [0.2, 0.25) is 0 Å². The van der Waals surface area contributed by atoms with Crippen LogP contribution in [-0.2, 0) is 6.18 Å². The number of benzene rings is 2. The second-order valence-corrected chi connectivity index (χ2v) is 6.62. The minimum atomic E-state index is -4.38. The highest BCUT2D eigenvalue weighted by Gasteiger charge is 2.36. The van der Waals surface area contributed by atoms with Crippen molar-refractivity contribution < 1.29 is 13.2 Å². The molecule has 2 nitrogen and oxygen atoms in total. The van der Waals surface area contributed by atoms with E-state index in [2.05, 4.69) is 10.2 Å². The van der Waals surface area contributed by atoms with Gasteiger partial charge in [-0.3, -0.25) is 4.90 Å². The first-order chi connectivity index (χ1) is 12.0. The predicted molar refractivity (Wildman–Crippen MR) is 93.8 cm³/mol. The number of hydrogen-bond acceptors (Lipinski definition) is 2. The molecule has 3 rings (SSSR count). The van der Waals surface area contributed by atoms with Crippen LogP contribution in [0.1, 0.15) is 29.2 Å². The summed E-state index contributed by atoms with van der Waals surface area (Å²) in [5, 5.41) is 3.88. The van der Waals surface area contributed by atoms with Crippen molar-refractivity contribution in [2.24, 2.45) is 0 Å². The highest BCUT2D eigenvalue weighted by molar-refractivity contribution is 6.30. The lowest BCUT2D eigenvalue weighted by Gasteiger charge is -2.33. The molecule has 1 atom stereocenters. The van der Waals surface area contributed by atoms with Crippen LogP contribution >= 0.6 is 11.6 Å². The van der Waals surface area contributed by atoms with Crippen LogP contribution in [0.15, 0.2) is 48.5 Å². The molecule has 0 radical (unpaired) electrons. The molecule has 1 saturated heterocycles. The van der Waals surface area contributed by atoms with Gasteiger partial charge in [-0.25, -0.2) is 0 Å². The molecule has 134 valence electrons. The third-order valence-electron chi connectivity index (χ3n) is 4.49. The quantitative estimate of drug-likeness (QED) is 0.841. The van der Waals surface area contributed by atoms with Crippen molar-refractivity contribution in [3.8, 4) is 0 Å². The van der Waals surface area contributed by atoms with Crippen molar-refractivity contribution in [3.63, 3.8) is 0 Å². The Balaban J connectivity index is 2.09. The van der Waals surface area contributed by atoms with Crippen LogP contribution in [0.2, 0.25) is 5.02 Å². The maximum Gasteiger partial charge on any atom is 0.416 e. The van der Waals surface area contributed by atoms with Gasteiger partial charge >= 0.3 is 6.18 Å². The highest BCUT2D eigenvalue weighted by atomic mass is 35.5. The monoisotopic (exact) mass is 368 g/mol. The molecule has 6 heteroatoms. The van der Waals surface area contributed by atoms with Gasteiger partial charge in [0, 0.05) is 24.7 Å². The minimum absolute atomic E-state index is 0.291. The highest BCUT2D eigenvalue weighted by Crippen LogP contribution is 2.39. The maximum absolute atomic E-state index is 13.6. The van der Waals surface area contributed by atoms with E-state index in [-0.39, 0.29) is 0 Å².